The first kappa shape index (κ1) is 16.4. The fourth-order valence-electron chi connectivity index (χ4n) is 3.32. The van der Waals surface area contributed by atoms with Crippen molar-refractivity contribution < 1.29 is 4.79 Å². The van der Waals surface area contributed by atoms with Crippen LogP contribution in [0.15, 0.2) is 29.3 Å². The van der Waals surface area contributed by atoms with Crippen LogP contribution in [0.5, 0.6) is 0 Å². The zero-order valence-corrected chi connectivity index (χ0v) is 14.3. The minimum absolute atomic E-state index is 0.0655. The van der Waals surface area contributed by atoms with E-state index >= 15 is 0 Å². The van der Waals surface area contributed by atoms with Crippen LogP contribution < -0.4 is 5.56 Å². The normalized spacial score (nSPS) is 18.8. The lowest BCUT2D eigenvalue weighted by Gasteiger charge is -2.40. The maximum absolute atomic E-state index is 12.8. The zero-order chi connectivity index (χ0) is 17.3. The highest BCUT2D eigenvalue weighted by atomic mass is 16.2. The fourth-order valence-corrected chi connectivity index (χ4v) is 3.32. The second kappa shape index (κ2) is 6.60. The van der Waals surface area contributed by atoms with Crippen LogP contribution in [0.1, 0.15) is 34.8 Å². The number of rotatable bonds is 3. The highest BCUT2D eigenvalue weighted by molar-refractivity contribution is 5.94. The average Bonchev–Trinajstić information content (AvgIpc) is 2.98. The third-order valence-corrected chi connectivity index (χ3v) is 4.57. The van der Waals surface area contributed by atoms with Gasteiger partial charge in [0, 0.05) is 56.4 Å². The molecule has 3 heterocycles. The Labute approximate surface area is 140 Å². The number of aromatic amines is 1. The van der Waals surface area contributed by atoms with Gasteiger partial charge in [-0.25, -0.2) is 4.98 Å². The minimum atomic E-state index is -0.244. The van der Waals surface area contributed by atoms with Crippen molar-refractivity contribution in [1.29, 1.82) is 0 Å². The molecule has 1 atom stereocenters. The number of piperazine rings is 1. The van der Waals surface area contributed by atoms with Gasteiger partial charge in [0.1, 0.15) is 5.82 Å². The molecule has 0 spiro atoms. The SMILES string of the molecule is CCN1CCN(C(=O)c2cc(C)[nH]c(=O)c2)C[C@@H]1c1nccn1C. The molecule has 2 aromatic heterocycles. The number of amides is 1. The van der Waals surface area contributed by atoms with E-state index < -0.39 is 0 Å². The Morgan fingerprint density at radius 1 is 1.38 bits per heavy atom. The van der Waals surface area contributed by atoms with E-state index in [1.807, 2.05) is 22.7 Å². The summed E-state index contributed by atoms with van der Waals surface area (Å²) >= 11 is 0. The molecule has 0 aromatic carbocycles. The van der Waals surface area contributed by atoms with E-state index in [-0.39, 0.29) is 17.5 Å². The lowest BCUT2D eigenvalue weighted by Crippen LogP contribution is -2.51. The van der Waals surface area contributed by atoms with Gasteiger partial charge in [-0.2, -0.15) is 0 Å². The number of aromatic nitrogens is 3. The van der Waals surface area contributed by atoms with E-state index in [0.29, 0.717) is 24.3 Å². The summed E-state index contributed by atoms with van der Waals surface area (Å²) in [7, 11) is 1.97. The first-order valence-corrected chi connectivity index (χ1v) is 8.21. The first-order chi connectivity index (χ1) is 11.5. The molecule has 1 amide bonds. The Hall–Kier alpha value is -2.41. The summed E-state index contributed by atoms with van der Waals surface area (Å²) in [5, 5.41) is 0. The highest BCUT2D eigenvalue weighted by Gasteiger charge is 2.32. The summed E-state index contributed by atoms with van der Waals surface area (Å²) in [6.07, 6.45) is 3.70. The van der Waals surface area contributed by atoms with Gasteiger partial charge in [0.15, 0.2) is 0 Å². The van der Waals surface area contributed by atoms with Crippen molar-refractivity contribution in [2.24, 2.45) is 7.05 Å². The van der Waals surface area contributed by atoms with Crippen LogP contribution in [-0.2, 0) is 7.05 Å². The first-order valence-electron chi connectivity index (χ1n) is 8.21. The molecule has 1 aliphatic heterocycles. The molecular formula is C17H23N5O2. The molecule has 1 aliphatic rings. The van der Waals surface area contributed by atoms with Gasteiger partial charge in [-0.1, -0.05) is 6.92 Å². The second-order valence-corrected chi connectivity index (χ2v) is 6.21. The predicted molar refractivity (Wildman–Crippen MR) is 90.9 cm³/mol. The third-order valence-electron chi connectivity index (χ3n) is 4.57. The molecule has 0 aliphatic carbocycles. The van der Waals surface area contributed by atoms with Crippen molar-refractivity contribution in [2.45, 2.75) is 19.9 Å². The molecular weight excluding hydrogens is 306 g/mol. The van der Waals surface area contributed by atoms with Crippen LogP contribution in [0.3, 0.4) is 0 Å². The van der Waals surface area contributed by atoms with Gasteiger partial charge in [-0.05, 0) is 19.5 Å². The van der Waals surface area contributed by atoms with Crippen molar-refractivity contribution >= 4 is 5.91 Å². The van der Waals surface area contributed by atoms with Gasteiger partial charge < -0.3 is 14.5 Å². The number of carbonyl (C=O) groups is 1. The summed E-state index contributed by atoms with van der Waals surface area (Å²) in [5.41, 5.74) is 0.893. The van der Waals surface area contributed by atoms with E-state index in [0.717, 1.165) is 18.9 Å². The maximum Gasteiger partial charge on any atom is 0.254 e. The van der Waals surface area contributed by atoms with E-state index in [4.69, 9.17) is 0 Å². The standard InChI is InChI=1S/C17H23N5O2/c1-4-21-7-8-22(11-14(21)16-18-5-6-20(16)3)17(24)13-9-12(2)19-15(23)10-13/h5-6,9-10,14H,4,7-8,11H2,1-3H3,(H,19,23)/t14-/m1/s1. The van der Waals surface area contributed by atoms with E-state index in [1.165, 1.54) is 6.07 Å². The number of carbonyl (C=O) groups excluding carboxylic acids is 1. The Morgan fingerprint density at radius 3 is 2.79 bits per heavy atom. The maximum atomic E-state index is 12.8. The van der Waals surface area contributed by atoms with E-state index in [9.17, 15) is 9.59 Å². The molecule has 7 nitrogen and oxygen atoms in total. The summed E-state index contributed by atoms with van der Waals surface area (Å²) in [5.74, 6) is 0.857. The molecule has 1 N–H and O–H groups in total. The van der Waals surface area contributed by atoms with Crippen LogP contribution in [0.25, 0.3) is 0 Å². The molecule has 3 rings (SSSR count). The number of nitrogens with one attached hydrogen (secondary N) is 1. The number of hydrogen-bond donors (Lipinski definition) is 1. The van der Waals surface area contributed by atoms with Crippen molar-refractivity contribution in [3.8, 4) is 0 Å². The number of aryl methyl sites for hydroxylation is 2. The molecule has 0 radical (unpaired) electrons. The summed E-state index contributed by atoms with van der Waals surface area (Å²) in [4.78, 5) is 35.8. The van der Waals surface area contributed by atoms with Gasteiger partial charge in [0.05, 0.1) is 6.04 Å². The van der Waals surface area contributed by atoms with E-state index in [2.05, 4.69) is 21.8 Å². The van der Waals surface area contributed by atoms with Gasteiger partial charge >= 0.3 is 0 Å². The monoisotopic (exact) mass is 329 g/mol. The second-order valence-electron chi connectivity index (χ2n) is 6.21. The quantitative estimate of drug-likeness (QED) is 0.909. The lowest BCUT2D eigenvalue weighted by atomic mass is 10.1. The van der Waals surface area contributed by atoms with Crippen molar-refractivity contribution in [2.75, 3.05) is 26.2 Å². The topological polar surface area (TPSA) is 74.2 Å². The molecule has 7 heteroatoms. The van der Waals surface area contributed by atoms with Gasteiger partial charge in [-0.3, -0.25) is 14.5 Å². The Kier molecular flexibility index (Phi) is 4.53. The van der Waals surface area contributed by atoms with Crippen LogP contribution >= 0.6 is 0 Å². The van der Waals surface area contributed by atoms with Crippen LogP contribution in [0, 0.1) is 6.92 Å². The molecule has 0 bridgehead atoms. The number of pyridine rings is 1. The van der Waals surface area contributed by atoms with Crippen molar-refractivity contribution in [3.05, 3.63) is 52.0 Å². The molecule has 0 saturated carbocycles. The number of H-pyrrole nitrogens is 1. The smallest absolute Gasteiger partial charge is 0.254 e. The lowest BCUT2D eigenvalue weighted by molar-refractivity contribution is 0.0472. The molecule has 2 aromatic rings. The van der Waals surface area contributed by atoms with Crippen molar-refractivity contribution in [1.82, 2.24) is 24.3 Å². The molecule has 1 saturated heterocycles. The van der Waals surface area contributed by atoms with Crippen molar-refractivity contribution in [3.63, 3.8) is 0 Å². The number of imidazole rings is 1. The number of likely N-dealkylation sites (N-methyl/N-ethyl adjacent to an activating group) is 1. The molecule has 0 unspecified atom stereocenters. The Morgan fingerprint density at radius 2 is 2.17 bits per heavy atom. The summed E-state index contributed by atoms with van der Waals surface area (Å²) < 4.78 is 2.00. The Bertz CT molecular complexity index is 794. The average molecular weight is 329 g/mol. The largest absolute Gasteiger partial charge is 0.337 e. The van der Waals surface area contributed by atoms with Crippen LogP contribution in [0.2, 0.25) is 0 Å². The minimum Gasteiger partial charge on any atom is -0.337 e. The molecule has 128 valence electrons. The number of hydrogen-bond acceptors (Lipinski definition) is 4. The van der Waals surface area contributed by atoms with Gasteiger partial charge in [-0.15, -0.1) is 0 Å². The van der Waals surface area contributed by atoms with Crippen LogP contribution in [0.4, 0.5) is 0 Å². The zero-order valence-electron chi connectivity index (χ0n) is 14.3. The predicted octanol–water partition coefficient (Wildman–Crippen LogP) is 0.936. The summed E-state index contributed by atoms with van der Waals surface area (Å²) in [6.45, 7) is 6.83. The number of nitrogens with zero attached hydrogens (tertiary/aromatic N) is 4. The van der Waals surface area contributed by atoms with Crippen LogP contribution in [-0.4, -0.2) is 56.4 Å². The van der Waals surface area contributed by atoms with E-state index in [1.54, 1.807) is 19.2 Å². The summed E-state index contributed by atoms with van der Waals surface area (Å²) in [6, 6.07) is 3.17. The highest BCUT2D eigenvalue weighted by Crippen LogP contribution is 2.24. The molecule has 24 heavy (non-hydrogen) atoms. The Balaban J connectivity index is 1.86. The van der Waals surface area contributed by atoms with Gasteiger partial charge in [0.2, 0.25) is 5.56 Å². The fraction of sp³-hybridized carbons (Fsp3) is 0.471. The van der Waals surface area contributed by atoms with Gasteiger partial charge in [0.25, 0.3) is 5.91 Å². The molecule has 1 fully saturated rings. The third kappa shape index (κ3) is 3.12.